The van der Waals surface area contributed by atoms with Gasteiger partial charge in [0.1, 0.15) is 5.84 Å². The number of rotatable bonds is 1. The zero-order chi connectivity index (χ0) is 11.8. The number of benzene rings is 2. The molecular formula is C14H14N2O. The van der Waals surface area contributed by atoms with Gasteiger partial charge in [0.15, 0.2) is 0 Å². The van der Waals surface area contributed by atoms with E-state index in [4.69, 9.17) is 10.9 Å². The molecule has 2 aromatic carbocycles. The Balaban J connectivity index is 2.11. The van der Waals surface area contributed by atoms with Crippen molar-refractivity contribution in [3.05, 3.63) is 47.5 Å². The third-order valence-corrected chi connectivity index (χ3v) is 3.59. The quantitative estimate of drug-likeness (QED) is 0.339. The number of nitrogens with two attached hydrogens (primary N) is 1. The molecule has 3 heteroatoms. The summed E-state index contributed by atoms with van der Waals surface area (Å²) < 4.78 is 0. The lowest BCUT2D eigenvalue weighted by Crippen LogP contribution is -2.23. The molecule has 3 rings (SSSR count). The van der Waals surface area contributed by atoms with E-state index in [9.17, 15) is 0 Å². The Morgan fingerprint density at radius 2 is 2.00 bits per heavy atom. The highest BCUT2D eigenvalue weighted by molar-refractivity contribution is 5.90. The zero-order valence-corrected chi connectivity index (χ0v) is 9.43. The van der Waals surface area contributed by atoms with Crippen LogP contribution in [0.3, 0.4) is 0 Å². The van der Waals surface area contributed by atoms with Gasteiger partial charge in [-0.1, -0.05) is 41.6 Å². The summed E-state index contributed by atoms with van der Waals surface area (Å²) >= 11 is 0. The predicted molar refractivity (Wildman–Crippen MR) is 68.3 cm³/mol. The Bertz CT molecular complexity index is 604. The van der Waals surface area contributed by atoms with Crippen LogP contribution in [0.4, 0.5) is 0 Å². The monoisotopic (exact) mass is 226 g/mol. The van der Waals surface area contributed by atoms with Crippen molar-refractivity contribution >= 4 is 16.6 Å². The van der Waals surface area contributed by atoms with E-state index in [0.29, 0.717) is 5.84 Å². The molecule has 2 aromatic rings. The molecule has 0 saturated carbocycles. The summed E-state index contributed by atoms with van der Waals surface area (Å²) in [5.41, 5.74) is 8.37. The summed E-state index contributed by atoms with van der Waals surface area (Å²) in [6.07, 6.45) is 1.74. The molecule has 86 valence electrons. The third-order valence-electron chi connectivity index (χ3n) is 3.59. The lowest BCUT2D eigenvalue weighted by molar-refractivity contribution is 0.314. The van der Waals surface area contributed by atoms with Gasteiger partial charge in [-0.05, 0) is 34.7 Å². The normalized spacial score (nSPS) is 19.5. The largest absolute Gasteiger partial charge is 0.409 e. The molecule has 0 aliphatic heterocycles. The Hall–Kier alpha value is -2.03. The van der Waals surface area contributed by atoms with E-state index in [1.165, 1.54) is 21.9 Å². The van der Waals surface area contributed by atoms with Crippen molar-refractivity contribution in [3.63, 3.8) is 0 Å². The maximum absolute atomic E-state index is 8.75. The number of nitrogens with zero attached hydrogens (tertiary/aromatic N) is 1. The van der Waals surface area contributed by atoms with E-state index in [1.54, 1.807) is 0 Å². The average molecular weight is 226 g/mol. The van der Waals surface area contributed by atoms with Crippen molar-refractivity contribution < 1.29 is 5.21 Å². The predicted octanol–water partition coefficient (Wildman–Crippen LogP) is 2.30. The van der Waals surface area contributed by atoms with Crippen LogP contribution in [0.5, 0.6) is 0 Å². The number of hydrogen-bond acceptors (Lipinski definition) is 2. The minimum atomic E-state index is 0.140. The van der Waals surface area contributed by atoms with Gasteiger partial charge in [-0.25, -0.2) is 0 Å². The lowest BCUT2D eigenvalue weighted by atomic mass is 10.0. The van der Waals surface area contributed by atoms with Crippen LogP contribution in [-0.4, -0.2) is 11.0 Å². The standard InChI is InChI=1S/C14H14N2O/c15-14(16-17)11-7-10-6-5-9-3-1-2-4-12(9)13(10)8-11/h1-6,11,17H,7-8H2,(H2,15,16). The van der Waals surface area contributed by atoms with E-state index in [-0.39, 0.29) is 5.92 Å². The number of fused-ring (bicyclic) bond motifs is 3. The molecule has 0 fully saturated rings. The lowest BCUT2D eigenvalue weighted by Gasteiger charge is -2.05. The van der Waals surface area contributed by atoms with Gasteiger partial charge in [0, 0.05) is 5.92 Å². The summed E-state index contributed by atoms with van der Waals surface area (Å²) in [5.74, 6) is 0.478. The molecule has 1 aliphatic carbocycles. The van der Waals surface area contributed by atoms with Gasteiger partial charge in [0.2, 0.25) is 0 Å². The SMILES string of the molecule is N/C(=N\O)C1Cc2ccc3ccccc3c2C1. The smallest absolute Gasteiger partial charge is 0.142 e. The summed E-state index contributed by atoms with van der Waals surface area (Å²) in [7, 11) is 0. The van der Waals surface area contributed by atoms with Crippen LogP contribution in [0.25, 0.3) is 10.8 Å². The first-order valence-electron chi connectivity index (χ1n) is 5.76. The fraction of sp³-hybridized carbons (Fsp3) is 0.214. The van der Waals surface area contributed by atoms with Crippen LogP contribution in [0.2, 0.25) is 0 Å². The highest BCUT2D eigenvalue weighted by atomic mass is 16.4. The molecule has 1 aliphatic rings. The van der Waals surface area contributed by atoms with Crippen LogP contribution in [0, 0.1) is 5.92 Å². The summed E-state index contributed by atoms with van der Waals surface area (Å²) in [5, 5.41) is 14.4. The maximum Gasteiger partial charge on any atom is 0.142 e. The number of amidine groups is 1. The fourth-order valence-corrected chi connectivity index (χ4v) is 2.69. The van der Waals surface area contributed by atoms with Gasteiger partial charge in [-0.3, -0.25) is 0 Å². The maximum atomic E-state index is 8.75. The van der Waals surface area contributed by atoms with E-state index in [0.717, 1.165) is 12.8 Å². The minimum absolute atomic E-state index is 0.140. The Morgan fingerprint density at radius 1 is 1.18 bits per heavy atom. The molecule has 0 bridgehead atoms. The molecule has 0 aromatic heterocycles. The molecule has 0 radical (unpaired) electrons. The molecule has 3 nitrogen and oxygen atoms in total. The van der Waals surface area contributed by atoms with Crippen molar-refractivity contribution in [3.8, 4) is 0 Å². The third kappa shape index (κ3) is 1.55. The van der Waals surface area contributed by atoms with Crippen molar-refractivity contribution in [1.82, 2.24) is 0 Å². The van der Waals surface area contributed by atoms with Gasteiger partial charge in [0.05, 0.1) is 0 Å². The molecule has 0 heterocycles. The Labute approximate surface area is 99.6 Å². The van der Waals surface area contributed by atoms with Gasteiger partial charge in [-0.15, -0.1) is 0 Å². The molecule has 3 N–H and O–H groups in total. The Morgan fingerprint density at radius 3 is 2.82 bits per heavy atom. The van der Waals surface area contributed by atoms with Crippen LogP contribution in [-0.2, 0) is 12.8 Å². The second-order valence-electron chi connectivity index (χ2n) is 4.55. The van der Waals surface area contributed by atoms with Gasteiger partial charge < -0.3 is 10.9 Å². The van der Waals surface area contributed by atoms with E-state index < -0.39 is 0 Å². The van der Waals surface area contributed by atoms with Gasteiger partial charge in [-0.2, -0.15) is 0 Å². The molecule has 0 amide bonds. The fourth-order valence-electron chi connectivity index (χ4n) is 2.69. The number of oxime groups is 1. The highest BCUT2D eigenvalue weighted by Crippen LogP contribution is 2.32. The van der Waals surface area contributed by atoms with E-state index in [1.807, 2.05) is 6.07 Å². The topological polar surface area (TPSA) is 58.6 Å². The molecular weight excluding hydrogens is 212 g/mol. The second-order valence-corrected chi connectivity index (χ2v) is 4.55. The molecule has 1 atom stereocenters. The first-order valence-corrected chi connectivity index (χ1v) is 5.76. The van der Waals surface area contributed by atoms with Crippen molar-refractivity contribution in [2.24, 2.45) is 16.8 Å². The van der Waals surface area contributed by atoms with Crippen LogP contribution in [0.1, 0.15) is 11.1 Å². The molecule has 17 heavy (non-hydrogen) atoms. The number of hydrogen-bond donors (Lipinski definition) is 2. The highest BCUT2D eigenvalue weighted by Gasteiger charge is 2.25. The minimum Gasteiger partial charge on any atom is -0.409 e. The zero-order valence-electron chi connectivity index (χ0n) is 9.43. The van der Waals surface area contributed by atoms with Crippen molar-refractivity contribution in [1.29, 1.82) is 0 Å². The molecule has 0 saturated heterocycles. The molecule has 0 spiro atoms. The van der Waals surface area contributed by atoms with Gasteiger partial charge >= 0.3 is 0 Å². The first-order chi connectivity index (χ1) is 8.29. The summed E-state index contributed by atoms with van der Waals surface area (Å²) in [6, 6.07) is 12.7. The van der Waals surface area contributed by atoms with Crippen LogP contribution < -0.4 is 5.73 Å². The average Bonchev–Trinajstić information content (AvgIpc) is 2.82. The van der Waals surface area contributed by atoms with Crippen LogP contribution in [0.15, 0.2) is 41.6 Å². The van der Waals surface area contributed by atoms with Crippen LogP contribution >= 0.6 is 0 Å². The summed E-state index contributed by atoms with van der Waals surface area (Å²) in [6.45, 7) is 0. The van der Waals surface area contributed by atoms with Gasteiger partial charge in [0.25, 0.3) is 0 Å². The first kappa shape index (κ1) is 10.1. The second kappa shape index (κ2) is 3.77. The van der Waals surface area contributed by atoms with Crippen molar-refractivity contribution in [2.75, 3.05) is 0 Å². The van der Waals surface area contributed by atoms with E-state index in [2.05, 4.69) is 35.5 Å². The van der Waals surface area contributed by atoms with Crippen molar-refractivity contribution in [2.45, 2.75) is 12.8 Å². The Kier molecular flexibility index (Phi) is 2.25. The molecule has 1 unspecified atom stereocenters. The summed E-state index contributed by atoms with van der Waals surface area (Å²) in [4.78, 5) is 0. The van der Waals surface area contributed by atoms with E-state index >= 15 is 0 Å².